The van der Waals surface area contributed by atoms with Crippen molar-refractivity contribution in [2.45, 2.75) is 6.92 Å². The van der Waals surface area contributed by atoms with E-state index in [4.69, 9.17) is 0 Å². The van der Waals surface area contributed by atoms with Crippen LogP contribution in [0.25, 0.3) is 16.9 Å². The summed E-state index contributed by atoms with van der Waals surface area (Å²) in [7, 11) is 0. The van der Waals surface area contributed by atoms with Crippen LogP contribution in [0.5, 0.6) is 0 Å². The molecule has 4 rings (SSSR count). The van der Waals surface area contributed by atoms with Crippen molar-refractivity contribution in [2.75, 3.05) is 5.32 Å². The van der Waals surface area contributed by atoms with Gasteiger partial charge in [0.25, 0.3) is 5.91 Å². The Balaban J connectivity index is 1.72. The van der Waals surface area contributed by atoms with Crippen LogP contribution in [0, 0.1) is 12.7 Å². The van der Waals surface area contributed by atoms with Crippen molar-refractivity contribution >= 4 is 28.7 Å². The molecule has 0 aliphatic rings. The molecule has 6 nitrogen and oxygen atoms in total. The minimum absolute atomic E-state index is 0.335. The van der Waals surface area contributed by atoms with Gasteiger partial charge in [-0.1, -0.05) is 12.1 Å². The summed E-state index contributed by atoms with van der Waals surface area (Å²) < 4.78 is 15.5. The molecule has 0 unspecified atom stereocenters. The largest absolute Gasteiger partial charge is 0.303 e. The summed E-state index contributed by atoms with van der Waals surface area (Å²) in [5.41, 5.74) is 1.38. The number of aromatic nitrogens is 4. The highest BCUT2D eigenvalue weighted by molar-refractivity contribution is 7.13. The average Bonchev–Trinajstić information content (AvgIpc) is 3.22. The fourth-order valence-corrected chi connectivity index (χ4v) is 3.06. The third-order valence-corrected chi connectivity index (χ3v) is 4.48. The number of hydrogen-bond donors (Lipinski definition) is 1. The molecule has 3 heterocycles. The van der Waals surface area contributed by atoms with Crippen LogP contribution in [0.15, 0.2) is 48.8 Å². The van der Waals surface area contributed by atoms with Crippen molar-refractivity contribution in [3.8, 4) is 11.3 Å². The van der Waals surface area contributed by atoms with Crippen molar-refractivity contribution in [2.24, 2.45) is 0 Å². The van der Waals surface area contributed by atoms with Gasteiger partial charge in [-0.25, -0.2) is 14.4 Å². The first kappa shape index (κ1) is 15.4. The Bertz CT molecular complexity index is 1090. The summed E-state index contributed by atoms with van der Waals surface area (Å²) in [4.78, 5) is 21.5. The molecule has 0 saturated heterocycles. The molecule has 0 saturated carbocycles. The zero-order valence-corrected chi connectivity index (χ0v) is 13.9. The highest BCUT2D eigenvalue weighted by atomic mass is 32.1. The van der Waals surface area contributed by atoms with Crippen molar-refractivity contribution in [1.29, 1.82) is 0 Å². The van der Waals surface area contributed by atoms with E-state index in [1.165, 1.54) is 28.1 Å². The molecule has 0 bridgehead atoms. The van der Waals surface area contributed by atoms with E-state index in [1.807, 2.05) is 6.92 Å². The van der Waals surface area contributed by atoms with E-state index >= 15 is 0 Å². The second kappa shape index (κ2) is 6.06. The summed E-state index contributed by atoms with van der Waals surface area (Å²) >= 11 is 1.30. The minimum atomic E-state index is -0.363. The van der Waals surface area contributed by atoms with Gasteiger partial charge in [-0.2, -0.15) is 9.61 Å². The average molecular weight is 353 g/mol. The molecule has 25 heavy (non-hydrogen) atoms. The number of amides is 1. The number of thiazole rings is 1. The first-order valence-electron chi connectivity index (χ1n) is 7.45. The van der Waals surface area contributed by atoms with Crippen molar-refractivity contribution in [3.05, 3.63) is 64.5 Å². The number of carbonyl (C=O) groups excluding carboxylic acids is 1. The number of imidazole rings is 1. The van der Waals surface area contributed by atoms with Crippen LogP contribution in [-0.4, -0.2) is 25.5 Å². The van der Waals surface area contributed by atoms with E-state index in [9.17, 15) is 9.18 Å². The molecule has 0 aliphatic carbocycles. The maximum absolute atomic E-state index is 14.0. The van der Waals surface area contributed by atoms with Gasteiger partial charge in [0, 0.05) is 16.6 Å². The lowest BCUT2D eigenvalue weighted by Gasteiger charge is -2.05. The third-order valence-electron chi connectivity index (χ3n) is 3.57. The Morgan fingerprint density at radius 2 is 2.00 bits per heavy atom. The molecule has 3 aromatic heterocycles. The fraction of sp³-hybridized carbons (Fsp3) is 0.0588. The van der Waals surface area contributed by atoms with Gasteiger partial charge in [-0.05, 0) is 31.2 Å². The van der Waals surface area contributed by atoms with Crippen LogP contribution >= 0.6 is 11.3 Å². The number of aryl methyl sites for hydroxylation is 1. The topological polar surface area (TPSA) is 72.2 Å². The maximum Gasteiger partial charge on any atom is 0.285 e. The van der Waals surface area contributed by atoms with Crippen LogP contribution in [0.2, 0.25) is 0 Å². The van der Waals surface area contributed by atoms with Crippen LogP contribution in [-0.2, 0) is 0 Å². The zero-order valence-electron chi connectivity index (χ0n) is 13.1. The summed E-state index contributed by atoms with van der Waals surface area (Å²) in [5.74, 6) is -0.303. The number of fused-ring (bicyclic) bond motifs is 1. The summed E-state index contributed by atoms with van der Waals surface area (Å²) in [5, 5.41) is 7.50. The smallest absolute Gasteiger partial charge is 0.285 e. The van der Waals surface area contributed by atoms with Crippen LogP contribution in [0.4, 0.5) is 10.2 Å². The van der Waals surface area contributed by atoms with Crippen LogP contribution < -0.4 is 5.32 Å². The molecule has 8 heteroatoms. The van der Waals surface area contributed by atoms with Gasteiger partial charge in [0.15, 0.2) is 16.5 Å². The molecule has 1 aromatic carbocycles. The molecule has 0 aliphatic heterocycles. The molecule has 4 aromatic rings. The molecule has 1 amide bonds. The predicted molar refractivity (Wildman–Crippen MR) is 93.2 cm³/mol. The van der Waals surface area contributed by atoms with Gasteiger partial charge in [-0.15, -0.1) is 11.3 Å². The fourth-order valence-electron chi connectivity index (χ4n) is 2.40. The van der Waals surface area contributed by atoms with E-state index in [0.717, 1.165) is 4.88 Å². The molecule has 0 fully saturated rings. The van der Waals surface area contributed by atoms with E-state index in [1.54, 1.807) is 36.5 Å². The van der Waals surface area contributed by atoms with E-state index < -0.39 is 0 Å². The van der Waals surface area contributed by atoms with E-state index in [2.05, 4.69) is 20.4 Å². The second-order valence-corrected chi connectivity index (χ2v) is 6.58. The highest BCUT2D eigenvalue weighted by Gasteiger charge is 2.14. The number of nitrogens with zero attached hydrogens (tertiary/aromatic N) is 4. The lowest BCUT2D eigenvalue weighted by atomic mass is 10.1. The molecular formula is C17H12FN5OS. The van der Waals surface area contributed by atoms with Gasteiger partial charge in [0.2, 0.25) is 0 Å². The minimum Gasteiger partial charge on any atom is -0.303 e. The summed E-state index contributed by atoms with van der Waals surface area (Å²) in [6, 6.07) is 9.80. The first-order valence-corrected chi connectivity index (χ1v) is 8.27. The van der Waals surface area contributed by atoms with Gasteiger partial charge < -0.3 is 5.32 Å². The monoisotopic (exact) mass is 353 g/mol. The SMILES string of the molecule is Cc1cnc(C(=O)Nc2cnc3ccc(-c4ccccc4F)nn23)s1. The van der Waals surface area contributed by atoms with Crippen LogP contribution in [0.3, 0.4) is 0 Å². The summed E-state index contributed by atoms with van der Waals surface area (Å²) in [6.07, 6.45) is 3.15. The van der Waals surface area contributed by atoms with Gasteiger partial charge in [-0.3, -0.25) is 4.79 Å². The number of carbonyl (C=O) groups is 1. The Kier molecular flexibility index (Phi) is 3.73. The third kappa shape index (κ3) is 2.87. The molecule has 1 N–H and O–H groups in total. The first-order chi connectivity index (χ1) is 12.1. The van der Waals surface area contributed by atoms with Crippen LogP contribution in [0.1, 0.15) is 14.7 Å². The standard InChI is InChI=1S/C17H12FN5OS/c1-10-8-20-17(25-10)16(24)21-15-9-19-14-7-6-13(22-23(14)15)11-4-2-3-5-12(11)18/h2-9H,1H3,(H,21,24). The Hall–Kier alpha value is -3.13. The number of halogens is 1. The number of nitrogens with one attached hydrogen (secondary N) is 1. The quantitative estimate of drug-likeness (QED) is 0.611. The molecule has 124 valence electrons. The van der Waals surface area contributed by atoms with Crippen molar-refractivity contribution in [1.82, 2.24) is 19.6 Å². The zero-order chi connectivity index (χ0) is 17.4. The number of anilines is 1. The number of benzene rings is 1. The molecule has 0 radical (unpaired) electrons. The van der Waals surface area contributed by atoms with Gasteiger partial charge >= 0.3 is 0 Å². The van der Waals surface area contributed by atoms with Crippen molar-refractivity contribution in [3.63, 3.8) is 0 Å². The van der Waals surface area contributed by atoms with Crippen molar-refractivity contribution < 1.29 is 9.18 Å². The van der Waals surface area contributed by atoms with E-state index in [-0.39, 0.29) is 11.7 Å². The normalized spacial score (nSPS) is 11.0. The molecule has 0 spiro atoms. The number of rotatable bonds is 3. The van der Waals surface area contributed by atoms with E-state index in [0.29, 0.717) is 27.7 Å². The Morgan fingerprint density at radius 1 is 1.16 bits per heavy atom. The second-order valence-electron chi connectivity index (χ2n) is 5.34. The Labute approximate surface area is 146 Å². The van der Waals surface area contributed by atoms with Gasteiger partial charge in [0.1, 0.15) is 5.82 Å². The Morgan fingerprint density at radius 3 is 2.76 bits per heavy atom. The lowest BCUT2D eigenvalue weighted by molar-refractivity contribution is 0.102. The molecule has 0 atom stereocenters. The molecular weight excluding hydrogens is 341 g/mol. The lowest BCUT2D eigenvalue weighted by Crippen LogP contribution is -2.13. The maximum atomic E-state index is 14.0. The van der Waals surface area contributed by atoms with Gasteiger partial charge in [0.05, 0.1) is 11.9 Å². The predicted octanol–water partition coefficient (Wildman–Crippen LogP) is 3.55. The summed E-state index contributed by atoms with van der Waals surface area (Å²) in [6.45, 7) is 1.88. The highest BCUT2D eigenvalue weighted by Crippen LogP contribution is 2.22. The number of hydrogen-bond acceptors (Lipinski definition) is 5.